The molecule has 8 nitrogen and oxygen atoms in total. The van der Waals surface area contributed by atoms with E-state index >= 15 is 0 Å². The van der Waals surface area contributed by atoms with Crippen LogP contribution in [0.5, 0.6) is 0 Å². The van der Waals surface area contributed by atoms with E-state index in [4.69, 9.17) is 16.9 Å². The van der Waals surface area contributed by atoms with Crippen LogP contribution in [-0.2, 0) is 0 Å². The van der Waals surface area contributed by atoms with Gasteiger partial charge in [0.25, 0.3) is 0 Å². The summed E-state index contributed by atoms with van der Waals surface area (Å²) in [6.45, 7) is 5.35. The molecule has 0 bridgehead atoms. The van der Waals surface area contributed by atoms with Crippen LogP contribution in [0, 0.1) is 11.3 Å². The van der Waals surface area contributed by atoms with Crippen LogP contribution < -0.4 is 10.2 Å². The minimum Gasteiger partial charge on any atom is -0.412 e. The monoisotopic (exact) mass is 428 g/mol. The van der Waals surface area contributed by atoms with Crippen LogP contribution in [0.1, 0.15) is 44.0 Å². The average Bonchev–Trinajstić information content (AvgIpc) is 3.55. The average molecular weight is 429 g/mol. The molecule has 1 saturated carbocycles. The number of nitriles is 1. The molecule has 2 fully saturated rings. The molecule has 2 heterocycles. The van der Waals surface area contributed by atoms with Crippen LogP contribution in [-0.4, -0.2) is 51.5 Å². The Balaban J connectivity index is 0.00000256. The maximum absolute atomic E-state index is 12.8. The fourth-order valence-corrected chi connectivity index (χ4v) is 3.91. The number of piperazine rings is 1. The molecule has 0 unspecified atom stereocenters. The lowest BCUT2D eigenvalue weighted by Gasteiger charge is -2.45. The number of urea groups is 1. The number of halogens is 1. The fraction of sp³-hybridized carbons (Fsp3) is 0.429. The summed E-state index contributed by atoms with van der Waals surface area (Å²) >= 11 is 6.20. The van der Waals surface area contributed by atoms with Gasteiger partial charge in [-0.15, -0.1) is 0 Å². The third kappa shape index (κ3) is 4.48. The predicted molar refractivity (Wildman–Crippen MR) is 116 cm³/mol. The molecule has 1 aliphatic heterocycles. The predicted octanol–water partition coefficient (Wildman–Crippen LogP) is 3.19. The first-order valence-corrected chi connectivity index (χ1v) is 10.2. The molecule has 0 spiro atoms. The second-order valence-corrected chi connectivity index (χ2v) is 8.22. The van der Waals surface area contributed by atoms with Crippen LogP contribution >= 0.6 is 11.6 Å². The number of anilines is 2. The first-order valence-electron chi connectivity index (χ1n) is 9.82. The lowest BCUT2D eigenvalue weighted by molar-refractivity contribution is 0.173. The molecule has 158 valence electrons. The summed E-state index contributed by atoms with van der Waals surface area (Å²) in [6, 6.07) is 7.50. The van der Waals surface area contributed by atoms with Crippen molar-refractivity contribution >= 4 is 29.0 Å². The second-order valence-electron chi connectivity index (χ2n) is 7.81. The maximum Gasteiger partial charge on any atom is 0.322 e. The molecule has 2 aromatic rings. The van der Waals surface area contributed by atoms with E-state index in [1.54, 1.807) is 18.5 Å². The normalized spacial score (nSPS) is 20.9. The molecule has 4 rings (SSSR count). The van der Waals surface area contributed by atoms with Gasteiger partial charge in [-0.05, 0) is 44.9 Å². The van der Waals surface area contributed by atoms with E-state index in [0.29, 0.717) is 35.3 Å². The van der Waals surface area contributed by atoms with Crippen LogP contribution in [0.2, 0.25) is 5.02 Å². The Kier molecular flexibility index (Phi) is 6.44. The van der Waals surface area contributed by atoms with Crippen molar-refractivity contribution < 1.29 is 10.3 Å². The van der Waals surface area contributed by atoms with Crippen molar-refractivity contribution in [2.45, 2.75) is 44.7 Å². The van der Waals surface area contributed by atoms with E-state index in [-0.39, 0.29) is 23.6 Å². The van der Waals surface area contributed by atoms with E-state index < -0.39 is 0 Å². The van der Waals surface area contributed by atoms with Crippen molar-refractivity contribution in [2.75, 3.05) is 23.3 Å². The molecule has 30 heavy (non-hydrogen) atoms. The molecule has 1 aliphatic carbocycles. The largest absolute Gasteiger partial charge is 0.412 e. The first-order chi connectivity index (χ1) is 14.0. The zero-order chi connectivity index (χ0) is 20.5. The number of hydrogen-bond donors (Lipinski definition) is 1. The van der Waals surface area contributed by atoms with Gasteiger partial charge in [0.2, 0.25) is 0 Å². The van der Waals surface area contributed by atoms with E-state index in [1.165, 1.54) is 0 Å². The van der Waals surface area contributed by atoms with E-state index in [0.717, 1.165) is 24.4 Å². The smallest absolute Gasteiger partial charge is 0.322 e. The summed E-state index contributed by atoms with van der Waals surface area (Å²) < 4.78 is 0. The molecule has 2 aliphatic rings. The SMILES string of the molecule is C[C@@H]1CN(c2ccc(C#N)c(Cl)c2)[C@@H](C)CN1C(=O)Nc1cnc(C2CC2)nc1.O. The highest BCUT2D eigenvalue weighted by molar-refractivity contribution is 6.32. The lowest BCUT2D eigenvalue weighted by Crippen LogP contribution is -2.59. The lowest BCUT2D eigenvalue weighted by atomic mass is 10.1. The van der Waals surface area contributed by atoms with Gasteiger partial charge >= 0.3 is 6.03 Å². The highest BCUT2D eigenvalue weighted by atomic mass is 35.5. The van der Waals surface area contributed by atoms with Crippen molar-refractivity contribution in [1.82, 2.24) is 14.9 Å². The highest BCUT2D eigenvalue weighted by Crippen LogP contribution is 2.37. The summed E-state index contributed by atoms with van der Waals surface area (Å²) in [4.78, 5) is 25.6. The van der Waals surface area contributed by atoms with E-state index in [1.807, 2.05) is 24.0 Å². The van der Waals surface area contributed by atoms with Gasteiger partial charge in [0.1, 0.15) is 11.9 Å². The van der Waals surface area contributed by atoms with E-state index in [9.17, 15) is 4.79 Å². The van der Waals surface area contributed by atoms with Gasteiger partial charge in [-0.25, -0.2) is 14.8 Å². The van der Waals surface area contributed by atoms with Gasteiger partial charge in [0.15, 0.2) is 0 Å². The number of benzene rings is 1. The van der Waals surface area contributed by atoms with Crippen LogP contribution in [0.15, 0.2) is 30.6 Å². The zero-order valence-electron chi connectivity index (χ0n) is 17.0. The number of aromatic nitrogens is 2. The van der Waals surface area contributed by atoms with Gasteiger partial charge in [0, 0.05) is 36.8 Å². The summed E-state index contributed by atoms with van der Waals surface area (Å²) in [7, 11) is 0. The minimum atomic E-state index is -0.148. The van der Waals surface area contributed by atoms with Gasteiger partial charge < -0.3 is 20.6 Å². The Labute approximate surface area is 180 Å². The van der Waals surface area contributed by atoms with Crippen molar-refractivity contribution in [3.8, 4) is 6.07 Å². The molecule has 0 radical (unpaired) electrons. The van der Waals surface area contributed by atoms with Crippen molar-refractivity contribution in [1.29, 1.82) is 5.26 Å². The van der Waals surface area contributed by atoms with Crippen molar-refractivity contribution in [3.05, 3.63) is 47.0 Å². The minimum absolute atomic E-state index is 0. The molecule has 2 atom stereocenters. The molecular formula is C21H25ClN6O2. The highest BCUT2D eigenvalue weighted by Gasteiger charge is 2.32. The molecule has 1 aromatic heterocycles. The summed E-state index contributed by atoms with van der Waals surface area (Å²) in [5, 5.41) is 12.4. The number of carbonyl (C=O) groups is 1. The third-order valence-corrected chi connectivity index (χ3v) is 5.83. The van der Waals surface area contributed by atoms with Crippen molar-refractivity contribution in [3.63, 3.8) is 0 Å². The maximum atomic E-state index is 12.8. The van der Waals surface area contributed by atoms with Gasteiger partial charge in [-0.1, -0.05) is 11.6 Å². The summed E-state index contributed by atoms with van der Waals surface area (Å²) in [5.74, 6) is 1.35. The van der Waals surface area contributed by atoms with Crippen LogP contribution in [0.3, 0.4) is 0 Å². The third-order valence-electron chi connectivity index (χ3n) is 5.52. The topological polar surface area (TPSA) is 117 Å². The number of nitrogens with one attached hydrogen (secondary N) is 1. The molecule has 9 heteroatoms. The number of amides is 2. The van der Waals surface area contributed by atoms with Gasteiger partial charge in [0.05, 0.1) is 28.7 Å². The van der Waals surface area contributed by atoms with Crippen LogP contribution in [0.25, 0.3) is 0 Å². The van der Waals surface area contributed by atoms with Crippen LogP contribution in [0.4, 0.5) is 16.2 Å². The molecule has 1 saturated heterocycles. The molecule has 3 N–H and O–H groups in total. The fourth-order valence-electron chi connectivity index (χ4n) is 3.69. The number of hydrogen-bond acceptors (Lipinski definition) is 5. The standard InChI is InChI=1S/C21H23ClN6O.H2O/c1-13-12-28(21(29)26-17-9-24-20(25-10-17)15-3-4-15)14(2)11-27(13)18-6-5-16(8-23)19(22)7-18;/h5-7,9-10,13-15H,3-4,11-12H2,1-2H3,(H,26,29);1H2/t13-,14+;/m0./s1. The number of carbonyl (C=O) groups excluding carboxylic acids is 1. The number of nitrogens with zero attached hydrogens (tertiary/aromatic N) is 5. The Morgan fingerprint density at radius 1 is 1.20 bits per heavy atom. The Hall–Kier alpha value is -2.89. The molecule has 1 aromatic carbocycles. The molecular weight excluding hydrogens is 404 g/mol. The Morgan fingerprint density at radius 2 is 1.90 bits per heavy atom. The van der Waals surface area contributed by atoms with Gasteiger partial charge in [-0.3, -0.25) is 0 Å². The Morgan fingerprint density at radius 3 is 2.50 bits per heavy atom. The number of rotatable bonds is 3. The zero-order valence-corrected chi connectivity index (χ0v) is 17.7. The molecule has 2 amide bonds. The second kappa shape index (κ2) is 8.86. The van der Waals surface area contributed by atoms with Gasteiger partial charge in [-0.2, -0.15) is 5.26 Å². The Bertz CT molecular complexity index is 957. The summed E-state index contributed by atoms with van der Waals surface area (Å²) in [6.07, 6.45) is 5.66. The van der Waals surface area contributed by atoms with Crippen molar-refractivity contribution in [2.24, 2.45) is 0 Å². The first kappa shape index (κ1) is 21.8. The summed E-state index contributed by atoms with van der Waals surface area (Å²) in [5.41, 5.74) is 2.03. The quantitative estimate of drug-likeness (QED) is 0.805. The van der Waals surface area contributed by atoms with E-state index in [2.05, 4.69) is 33.2 Å².